The number of rotatable bonds is 3. The molecule has 0 amide bonds. The van der Waals surface area contributed by atoms with Gasteiger partial charge in [0.2, 0.25) is 0 Å². The fourth-order valence-electron chi connectivity index (χ4n) is 2.06. The van der Waals surface area contributed by atoms with E-state index in [-0.39, 0.29) is 5.92 Å². The lowest BCUT2D eigenvalue weighted by Gasteiger charge is -2.16. The van der Waals surface area contributed by atoms with Gasteiger partial charge in [0.1, 0.15) is 12.1 Å². The van der Waals surface area contributed by atoms with Gasteiger partial charge in [0.25, 0.3) is 0 Å². The summed E-state index contributed by atoms with van der Waals surface area (Å²) in [6.07, 6.45) is 1.54. The Labute approximate surface area is 123 Å². The molecule has 100 valence electrons. The van der Waals surface area contributed by atoms with Crippen LogP contribution in [0.4, 0.5) is 5.82 Å². The fourth-order valence-corrected chi connectivity index (χ4v) is 2.59. The first-order chi connectivity index (χ1) is 9.02. The van der Waals surface area contributed by atoms with Crippen LogP contribution >= 0.6 is 23.2 Å². The molecule has 0 saturated carbocycles. The predicted octanol–water partition coefficient (Wildman–Crippen LogP) is 4.62. The predicted molar refractivity (Wildman–Crippen MR) is 81.1 cm³/mol. The minimum Gasteiger partial charge on any atom is -0.373 e. The molecular formula is C14H15Cl2N3. The molecule has 0 bridgehead atoms. The summed E-state index contributed by atoms with van der Waals surface area (Å²) < 4.78 is 0. The SMILES string of the molecule is CNc1ncnc(-c2cc(Cl)cc(Cl)c2)c1C(C)C. The van der Waals surface area contributed by atoms with Crippen LogP contribution in [-0.2, 0) is 0 Å². The smallest absolute Gasteiger partial charge is 0.133 e. The van der Waals surface area contributed by atoms with Gasteiger partial charge in [-0.25, -0.2) is 9.97 Å². The molecular weight excluding hydrogens is 281 g/mol. The standard InChI is InChI=1S/C14H15Cl2N3/c1-8(2)12-13(18-7-19-14(12)17-3)9-4-10(15)6-11(16)5-9/h4-8H,1-3H3,(H,17,18,19). The highest BCUT2D eigenvalue weighted by atomic mass is 35.5. The molecule has 5 heteroatoms. The third kappa shape index (κ3) is 2.99. The second kappa shape index (κ2) is 5.76. The third-order valence-electron chi connectivity index (χ3n) is 2.83. The van der Waals surface area contributed by atoms with Crippen molar-refractivity contribution < 1.29 is 0 Å². The fraction of sp³-hybridized carbons (Fsp3) is 0.286. The maximum Gasteiger partial charge on any atom is 0.133 e. The maximum atomic E-state index is 6.06. The second-order valence-electron chi connectivity index (χ2n) is 4.55. The third-order valence-corrected chi connectivity index (χ3v) is 3.27. The van der Waals surface area contributed by atoms with E-state index in [2.05, 4.69) is 29.1 Å². The Kier molecular flexibility index (Phi) is 4.27. The molecule has 19 heavy (non-hydrogen) atoms. The van der Waals surface area contributed by atoms with Gasteiger partial charge in [-0.1, -0.05) is 37.0 Å². The molecule has 0 aliphatic heterocycles. The first-order valence-corrected chi connectivity index (χ1v) is 6.77. The van der Waals surface area contributed by atoms with Crippen LogP contribution < -0.4 is 5.32 Å². The molecule has 0 aliphatic carbocycles. The summed E-state index contributed by atoms with van der Waals surface area (Å²) in [5, 5.41) is 4.30. The zero-order valence-electron chi connectivity index (χ0n) is 11.0. The zero-order valence-corrected chi connectivity index (χ0v) is 12.5. The summed E-state index contributed by atoms with van der Waals surface area (Å²) in [6, 6.07) is 5.43. The molecule has 0 fully saturated rings. The van der Waals surface area contributed by atoms with Crippen molar-refractivity contribution in [3.63, 3.8) is 0 Å². The quantitative estimate of drug-likeness (QED) is 0.898. The van der Waals surface area contributed by atoms with Gasteiger partial charge in [0, 0.05) is 28.2 Å². The zero-order chi connectivity index (χ0) is 14.0. The van der Waals surface area contributed by atoms with E-state index < -0.39 is 0 Å². The minimum atomic E-state index is 0.288. The summed E-state index contributed by atoms with van der Waals surface area (Å²) in [7, 11) is 1.85. The van der Waals surface area contributed by atoms with Crippen LogP contribution in [0.15, 0.2) is 24.5 Å². The molecule has 0 aliphatic rings. The molecule has 1 heterocycles. The lowest BCUT2D eigenvalue weighted by Crippen LogP contribution is -2.04. The molecule has 1 N–H and O–H groups in total. The summed E-state index contributed by atoms with van der Waals surface area (Å²) in [5.41, 5.74) is 2.82. The molecule has 1 aromatic heterocycles. The largest absolute Gasteiger partial charge is 0.373 e. The molecule has 0 spiro atoms. The molecule has 2 rings (SSSR count). The Morgan fingerprint density at radius 1 is 1.05 bits per heavy atom. The number of nitrogens with zero attached hydrogens (tertiary/aromatic N) is 2. The molecule has 3 nitrogen and oxygen atoms in total. The van der Waals surface area contributed by atoms with Crippen molar-refractivity contribution in [3.8, 4) is 11.3 Å². The van der Waals surface area contributed by atoms with Crippen molar-refractivity contribution in [2.45, 2.75) is 19.8 Å². The number of halogens is 2. The van der Waals surface area contributed by atoms with E-state index in [0.717, 1.165) is 22.6 Å². The Morgan fingerprint density at radius 3 is 2.21 bits per heavy atom. The molecule has 2 aromatic rings. The van der Waals surface area contributed by atoms with Crippen molar-refractivity contribution in [2.24, 2.45) is 0 Å². The van der Waals surface area contributed by atoms with Crippen LogP contribution in [0.5, 0.6) is 0 Å². The number of benzene rings is 1. The molecule has 0 unspecified atom stereocenters. The number of hydrogen-bond donors (Lipinski definition) is 1. The van der Waals surface area contributed by atoms with Gasteiger partial charge in [-0.3, -0.25) is 0 Å². The van der Waals surface area contributed by atoms with Crippen LogP contribution in [0.1, 0.15) is 25.3 Å². The molecule has 1 aromatic carbocycles. The molecule has 0 radical (unpaired) electrons. The van der Waals surface area contributed by atoms with Crippen molar-refractivity contribution in [3.05, 3.63) is 40.1 Å². The van der Waals surface area contributed by atoms with Crippen LogP contribution in [0.2, 0.25) is 10.0 Å². The number of nitrogens with one attached hydrogen (secondary N) is 1. The summed E-state index contributed by atoms with van der Waals surface area (Å²) in [6.45, 7) is 4.21. The first kappa shape index (κ1) is 14.1. The van der Waals surface area contributed by atoms with Crippen LogP contribution in [0, 0.1) is 0 Å². The van der Waals surface area contributed by atoms with Gasteiger partial charge < -0.3 is 5.32 Å². The van der Waals surface area contributed by atoms with E-state index >= 15 is 0 Å². The van der Waals surface area contributed by atoms with Crippen molar-refractivity contribution in [1.29, 1.82) is 0 Å². The number of anilines is 1. The lowest BCUT2D eigenvalue weighted by molar-refractivity contribution is 0.852. The van der Waals surface area contributed by atoms with Gasteiger partial charge in [0.05, 0.1) is 5.69 Å². The Bertz CT molecular complexity index is 577. The number of aromatic nitrogens is 2. The minimum absolute atomic E-state index is 0.288. The van der Waals surface area contributed by atoms with Crippen molar-refractivity contribution in [1.82, 2.24) is 9.97 Å². The van der Waals surface area contributed by atoms with E-state index in [0.29, 0.717) is 10.0 Å². The average Bonchev–Trinajstić information content (AvgIpc) is 2.36. The van der Waals surface area contributed by atoms with Gasteiger partial charge in [0.15, 0.2) is 0 Å². The highest BCUT2D eigenvalue weighted by molar-refractivity contribution is 6.35. The van der Waals surface area contributed by atoms with E-state index in [1.807, 2.05) is 19.2 Å². The second-order valence-corrected chi connectivity index (χ2v) is 5.42. The van der Waals surface area contributed by atoms with Crippen LogP contribution in [0.3, 0.4) is 0 Å². The highest BCUT2D eigenvalue weighted by Gasteiger charge is 2.16. The summed E-state index contributed by atoms with van der Waals surface area (Å²) in [4.78, 5) is 8.65. The first-order valence-electron chi connectivity index (χ1n) is 6.02. The Balaban J connectivity index is 2.67. The monoisotopic (exact) mass is 295 g/mol. The van der Waals surface area contributed by atoms with Gasteiger partial charge in [-0.2, -0.15) is 0 Å². The van der Waals surface area contributed by atoms with Gasteiger partial charge >= 0.3 is 0 Å². The molecule has 0 saturated heterocycles. The normalized spacial score (nSPS) is 10.8. The van der Waals surface area contributed by atoms with Gasteiger partial charge in [-0.15, -0.1) is 0 Å². The summed E-state index contributed by atoms with van der Waals surface area (Å²) >= 11 is 12.1. The summed E-state index contributed by atoms with van der Waals surface area (Å²) in [5.74, 6) is 1.12. The molecule has 0 atom stereocenters. The van der Waals surface area contributed by atoms with Crippen LogP contribution in [-0.4, -0.2) is 17.0 Å². The van der Waals surface area contributed by atoms with E-state index in [4.69, 9.17) is 23.2 Å². The van der Waals surface area contributed by atoms with Gasteiger partial charge in [-0.05, 0) is 24.1 Å². The van der Waals surface area contributed by atoms with E-state index in [9.17, 15) is 0 Å². The van der Waals surface area contributed by atoms with E-state index in [1.165, 1.54) is 0 Å². The van der Waals surface area contributed by atoms with E-state index in [1.54, 1.807) is 12.4 Å². The number of hydrogen-bond acceptors (Lipinski definition) is 3. The lowest BCUT2D eigenvalue weighted by atomic mass is 9.97. The van der Waals surface area contributed by atoms with Crippen molar-refractivity contribution >= 4 is 29.0 Å². The van der Waals surface area contributed by atoms with Crippen LogP contribution in [0.25, 0.3) is 11.3 Å². The Hall–Kier alpha value is -1.32. The topological polar surface area (TPSA) is 37.8 Å². The Morgan fingerprint density at radius 2 is 1.68 bits per heavy atom. The maximum absolute atomic E-state index is 6.06. The highest BCUT2D eigenvalue weighted by Crippen LogP contribution is 2.34. The average molecular weight is 296 g/mol. The van der Waals surface area contributed by atoms with Crippen molar-refractivity contribution in [2.75, 3.05) is 12.4 Å².